The largest absolute Gasteiger partial charge is 0.370 e. The quantitative estimate of drug-likeness (QED) is 0.844. The Balaban J connectivity index is 2.32. The van der Waals surface area contributed by atoms with Gasteiger partial charge in [-0.2, -0.15) is 5.10 Å². The summed E-state index contributed by atoms with van der Waals surface area (Å²) in [5.41, 5.74) is 0. The van der Waals surface area contributed by atoms with E-state index < -0.39 is 0 Å². The van der Waals surface area contributed by atoms with Gasteiger partial charge in [0.05, 0.1) is 0 Å². The first-order valence-corrected chi connectivity index (χ1v) is 5.80. The van der Waals surface area contributed by atoms with Crippen LogP contribution in [-0.2, 0) is 6.42 Å². The van der Waals surface area contributed by atoms with Gasteiger partial charge in [-0.05, 0) is 6.42 Å². The number of anilines is 1. The first-order valence-electron chi connectivity index (χ1n) is 5.80. The first kappa shape index (κ1) is 11.5. The topological polar surface area (TPSA) is 68.5 Å². The van der Waals surface area contributed by atoms with Crippen LogP contribution >= 0.6 is 0 Å². The predicted molar refractivity (Wildman–Crippen MR) is 65.1 cm³/mol. The average molecular weight is 232 g/mol. The maximum Gasteiger partial charge on any atom is 0.160 e. The van der Waals surface area contributed by atoms with Crippen molar-refractivity contribution in [2.75, 3.05) is 11.9 Å². The maximum atomic E-state index is 4.42. The third-order valence-corrected chi connectivity index (χ3v) is 2.28. The van der Waals surface area contributed by atoms with Crippen LogP contribution in [0.1, 0.15) is 26.1 Å². The monoisotopic (exact) mass is 232 g/mol. The van der Waals surface area contributed by atoms with Crippen LogP contribution in [0.2, 0.25) is 0 Å². The van der Waals surface area contributed by atoms with Crippen LogP contribution in [0.5, 0.6) is 0 Å². The van der Waals surface area contributed by atoms with Crippen LogP contribution in [0.3, 0.4) is 0 Å². The molecule has 0 atom stereocenters. The lowest BCUT2D eigenvalue weighted by atomic mass is 10.4. The molecule has 0 aliphatic rings. The predicted octanol–water partition coefficient (Wildman–Crippen LogP) is 1.44. The molecule has 90 valence electrons. The van der Waals surface area contributed by atoms with Gasteiger partial charge in [-0.3, -0.25) is 0 Å². The van der Waals surface area contributed by atoms with Gasteiger partial charge in [-0.15, -0.1) is 0 Å². The molecule has 1 N–H and O–H groups in total. The summed E-state index contributed by atoms with van der Waals surface area (Å²) < 4.78 is 1.64. The third-order valence-electron chi connectivity index (χ3n) is 2.28. The van der Waals surface area contributed by atoms with Crippen molar-refractivity contribution in [2.24, 2.45) is 0 Å². The zero-order chi connectivity index (χ0) is 12.1. The van der Waals surface area contributed by atoms with Crippen molar-refractivity contribution in [3.63, 3.8) is 0 Å². The molecule has 6 nitrogen and oxygen atoms in total. The van der Waals surface area contributed by atoms with E-state index in [9.17, 15) is 0 Å². The minimum atomic E-state index is 0.743. The maximum absolute atomic E-state index is 4.42. The lowest BCUT2D eigenvalue weighted by Gasteiger charge is -2.08. The van der Waals surface area contributed by atoms with Crippen LogP contribution in [-0.4, -0.2) is 31.3 Å². The summed E-state index contributed by atoms with van der Waals surface area (Å²) in [6.07, 6.45) is 4.98. The molecule has 0 aromatic carbocycles. The highest BCUT2D eigenvalue weighted by atomic mass is 15.3. The van der Waals surface area contributed by atoms with E-state index in [1.54, 1.807) is 11.0 Å². The van der Waals surface area contributed by atoms with Crippen molar-refractivity contribution in [3.05, 3.63) is 24.5 Å². The van der Waals surface area contributed by atoms with E-state index in [1.807, 2.05) is 13.0 Å². The summed E-state index contributed by atoms with van der Waals surface area (Å²) >= 11 is 0. The number of nitrogens with one attached hydrogen (secondary N) is 1. The molecule has 2 aromatic rings. The summed E-state index contributed by atoms with van der Waals surface area (Å²) in [7, 11) is 0. The Morgan fingerprint density at radius 3 is 2.82 bits per heavy atom. The van der Waals surface area contributed by atoms with E-state index in [-0.39, 0.29) is 0 Å². The highest BCUT2D eigenvalue weighted by Crippen LogP contribution is 2.10. The summed E-state index contributed by atoms with van der Waals surface area (Å²) in [5.74, 6) is 2.38. The Bertz CT molecular complexity index is 465. The van der Waals surface area contributed by atoms with Gasteiger partial charge in [0.1, 0.15) is 24.3 Å². The number of hydrogen-bond acceptors (Lipinski definition) is 5. The minimum absolute atomic E-state index is 0.743. The Morgan fingerprint density at radius 2 is 2.18 bits per heavy atom. The van der Waals surface area contributed by atoms with E-state index >= 15 is 0 Å². The van der Waals surface area contributed by atoms with Crippen LogP contribution in [0.25, 0.3) is 5.82 Å². The lowest BCUT2D eigenvalue weighted by Crippen LogP contribution is -2.08. The van der Waals surface area contributed by atoms with E-state index in [4.69, 9.17) is 0 Å². The summed E-state index contributed by atoms with van der Waals surface area (Å²) in [5, 5.41) is 7.33. The summed E-state index contributed by atoms with van der Waals surface area (Å²) in [4.78, 5) is 12.7. The smallest absolute Gasteiger partial charge is 0.160 e. The number of rotatable bonds is 5. The molecule has 2 aromatic heterocycles. The number of hydrogen-bond donors (Lipinski definition) is 1. The lowest BCUT2D eigenvalue weighted by molar-refractivity contribution is 0.810. The standard InChI is InChI=1S/C11H16N6/c1-3-5-13-10-6-11(16-9(4-2)15-10)17-8-12-7-14-17/h6-8H,3-5H2,1-2H3,(H,13,15,16). The second-order valence-corrected chi connectivity index (χ2v) is 3.65. The average Bonchev–Trinajstić information content (AvgIpc) is 2.89. The van der Waals surface area contributed by atoms with Crippen molar-refractivity contribution in [3.8, 4) is 5.82 Å². The van der Waals surface area contributed by atoms with Gasteiger partial charge >= 0.3 is 0 Å². The molecule has 0 aliphatic heterocycles. The van der Waals surface area contributed by atoms with Gasteiger partial charge < -0.3 is 5.32 Å². The second kappa shape index (κ2) is 5.38. The van der Waals surface area contributed by atoms with Gasteiger partial charge in [0.2, 0.25) is 0 Å². The van der Waals surface area contributed by atoms with Crippen LogP contribution in [0, 0.1) is 0 Å². The van der Waals surface area contributed by atoms with E-state index in [0.29, 0.717) is 0 Å². The zero-order valence-electron chi connectivity index (χ0n) is 10.1. The Labute approximate surface area is 100 Å². The number of aryl methyl sites for hydroxylation is 1. The zero-order valence-corrected chi connectivity index (χ0v) is 10.1. The molecule has 0 saturated carbocycles. The number of nitrogens with zero attached hydrogens (tertiary/aromatic N) is 5. The Kier molecular flexibility index (Phi) is 3.64. The molecule has 2 rings (SSSR count). The van der Waals surface area contributed by atoms with Gasteiger partial charge in [0.25, 0.3) is 0 Å². The summed E-state index contributed by atoms with van der Waals surface area (Å²) in [6.45, 7) is 5.05. The normalized spacial score (nSPS) is 10.5. The van der Waals surface area contributed by atoms with Crippen LogP contribution < -0.4 is 5.32 Å². The third kappa shape index (κ3) is 2.77. The van der Waals surface area contributed by atoms with Crippen molar-refractivity contribution in [1.29, 1.82) is 0 Å². The SMILES string of the molecule is CCCNc1cc(-n2cncn2)nc(CC)n1. The molecule has 2 heterocycles. The van der Waals surface area contributed by atoms with E-state index in [0.717, 1.165) is 36.8 Å². The fourth-order valence-electron chi connectivity index (χ4n) is 1.43. The number of aromatic nitrogens is 5. The molecule has 0 amide bonds. The molecule has 0 saturated heterocycles. The molecular weight excluding hydrogens is 216 g/mol. The first-order chi connectivity index (χ1) is 8.33. The molecular formula is C11H16N6. The summed E-state index contributed by atoms with van der Waals surface area (Å²) in [6, 6.07) is 1.88. The fourth-order valence-corrected chi connectivity index (χ4v) is 1.43. The molecule has 0 spiro atoms. The molecule has 17 heavy (non-hydrogen) atoms. The Morgan fingerprint density at radius 1 is 1.29 bits per heavy atom. The molecule has 0 fully saturated rings. The minimum Gasteiger partial charge on any atom is -0.370 e. The molecule has 0 radical (unpaired) electrons. The van der Waals surface area contributed by atoms with Crippen LogP contribution in [0.15, 0.2) is 18.7 Å². The van der Waals surface area contributed by atoms with Crippen molar-refractivity contribution >= 4 is 5.82 Å². The van der Waals surface area contributed by atoms with Gasteiger partial charge in [-0.25, -0.2) is 19.6 Å². The van der Waals surface area contributed by atoms with Crippen molar-refractivity contribution < 1.29 is 0 Å². The second-order valence-electron chi connectivity index (χ2n) is 3.65. The molecule has 6 heteroatoms. The van der Waals surface area contributed by atoms with Gasteiger partial charge in [0, 0.05) is 19.0 Å². The fraction of sp³-hybridized carbons (Fsp3) is 0.455. The van der Waals surface area contributed by atoms with Gasteiger partial charge in [-0.1, -0.05) is 13.8 Å². The van der Waals surface area contributed by atoms with E-state index in [2.05, 4.69) is 32.3 Å². The van der Waals surface area contributed by atoms with Crippen molar-refractivity contribution in [1.82, 2.24) is 24.7 Å². The van der Waals surface area contributed by atoms with E-state index in [1.165, 1.54) is 6.33 Å². The Hall–Kier alpha value is -1.98. The molecule has 0 bridgehead atoms. The highest BCUT2D eigenvalue weighted by molar-refractivity contribution is 5.41. The van der Waals surface area contributed by atoms with Gasteiger partial charge in [0.15, 0.2) is 5.82 Å². The molecule has 0 aliphatic carbocycles. The van der Waals surface area contributed by atoms with Crippen molar-refractivity contribution in [2.45, 2.75) is 26.7 Å². The molecule has 0 unspecified atom stereocenters. The van der Waals surface area contributed by atoms with Crippen LogP contribution in [0.4, 0.5) is 5.82 Å². The highest BCUT2D eigenvalue weighted by Gasteiger charge is 2.05.